The van der Waals surface area contributed by atoms with Gasteiger partial charge in [-0.25, -0.2) is 0 Å². The SMILES string of the molecule is CC(C)(C)NC(=O)CO[C@@H]1CCCNC1. The van der Waals surface area contributed by atoms with Crippen molar-refractivity contribution in [3.05, 3.63) is 0 Å². The van der Waals surface area contributed by atoms with Crippen molar-refractivity contribution in [3.8, 4) is 0 Å². The summed E-state index contributed by atoms with van der Waals surface area (Å²) in [7, 11) is 0. The largest absolute Gasteiger partial charge is 0.367 e. The zero-order valence-electron chi connectivity index (χ0n) is 9.93. The summed E-state index contributed by atoms with van der Waals surface area (Å²) in [5, 5.41) is 6.12. The molecule has 2 N–H and O–H groups in total. The van der Waals surface area contributed by atoms with E-state index in [0.717, 1.165) is 25.9 Å². The summed E-state index contributed by atoms with van der Waals surface area (Å²) in [6.07, 6.45) is 2.38. The number of piperidine rings is 1. The van der Waals surface area contributed by atoms with Crippen molar-refractivity contribution in [2.24, 2.45) is 0 Å². The van der Waals surface area contributed by atoms with Gasteiger partial charge in [0, 0.05) is 12.1 Å². The van der Waals surface area contributed by atoms with Crippen LogP contribution in [0.2, 0.25) is 0 Å². The first-order valence-electron chi connectivity index (χ1n) is 5.61. The molecule has 1 aliphatic heterocycles. The molecule has 0 aromatic carbocycles. The molecule has 0 saturated carbocycles. The minimum Gasteiger partial charge on any atom is -0.367 e. The first-order valence-corrected chi connectivity index (χ1v) is 5.61. The predicted octanol–water partition coefficient (Wildman–Crippen LogP) is 0.670. The Bertz CT molecular complexity index is 205. The molecule has 4 heteroatoms. The van der Waals surface area contributed by atoms with Crippen LogP contribution in [0.1, 0.15) is 33.6 Å². The van der Waals surface area contributed by atoms with Crippen molar-refractivity contribution in [2.45, 2.75) is 45.3 Å². The van der Waals surface area contributed by atoms with E-state index in [1.165, 1.54) is 0 Å². The molecule has 1 aliphatic rings. The Morgan fingerprint density at radius 1 is 1.53 bits per heavy atom. The van der Waals surface area contributed by atoms with E-state index in [2.05, 4.69) is 10.6 Å². The van der Waals surface area contributed by atoms with Crippen LogP contribution in [0.5, 0.6) is 0 Å². The van der Waals surface area contributed by atoms with Crippen LogP contribution in [-0.2, 0) is 9.53 Å². The molecule has 88 valence electrons. The highest BCUT2D eigenvalue weighted by molar-refractivity contribution is 5.77. The lowest BCUT2D eigenvalue weighted by atomic mass is 10.1. The van der Waals surface area contributed by atoms with E-state index in [1.54, 1.807) is 0 Å². The molecule has 1 heterocycles. The Hall–Kier alpha value is -0.610. The molecule has 1 atom stereocenters. The van der Waals surface area contributed by atoms with Crippen molar-refractivity contribution in [1.29, 1.82) is 0 Å². The highest BCUT2D eigenvalue weighted by atomic mass is 16.5. The maximum absolute atomic E-state index is 11.4. The van der Waals surface area contributed by atoms with E-state index in [1.807, 2.05) is 20.8 Å². The summed E-state index contributed by atoms with van der Waals surface area (Å²) in [5.74, 6) is -0.0342. The van der Waals surface area contributed by atoms with Crippen LogP contribution in [0.25, 0.3) is 0 Å². The lowest BCUT2D eigenvalue weighted by molar-refractivity contribution is -0.129. The Morgan fingerprint density at radius 2 is 2.27 bits per heavy atom. The smallest absolute Gasteiger partial charge is 0.246 e. The van der Waals surface area contributed by atoms with Crippen molar-refractivity contribution in [1.82, 2.24) is 10.6 Å². The monoisotopic (exact) mass is 214 g/mol. The highest BCUT2D eigenvalue weighted by Gasteiger charge is 2.17. The Morgan fingerprint density at radius 3 is 2.80 bits per heavy atom. The molecule has 0 unspecified atom stereocenters. The van der Waals surface area contributed by atoms with E-state index in [-0.39, 0.29) is 24.2 Å². The van der Waals surface area contributed by atoms with Crippen molar-refractivity contribution in [3.63, 3.8) is 0 Å². The molecule has 1 fully saturated rings. The highest BCUT2D eigenvalue weighted by Crippen LogP contribution is 2.06. The number of amides is 1. The number of nitrogens with one attached hydrogen (secondary N) is 2. The van der Waals surface area contributed by atoms with Gasteiger partial charge in [0.2, 0.25) is 5.91 Å². The maximum Gasteiger partial charge on any atom is 0.246 e. The van der Waals surface area contributed by atoms with Crippen LogP contribution < -0.4 is 10.6 Å². The number of ether oxygens (including phenoxy) is 1. The first kappa shape index (κ1) is 12.5. The van der Waals surface area contributed by atoms with E-state index in [9.17, 15) is 4.79 Å². The van der Waals surface area contributed by atoms with Gasteiger partial charge >= 0.3 is 0 Å². The molecule has 1 rings (SSSR count). The molecule has 1 saturated heterocycles. The summed E-state index contributed by atoms with van der Waals surface area (Å²) < 4.78 is 5.52. The van der Waals surface area contributed by atoms with Crippen LogP contribution in [0.4, 0.5) is 0 Å². The Balaban J connectivity index is 2.15. The van der Waals surface area contributed by atoms with Crippen molar-refractivity contribution in [2.75, 3.05) is 19.7 Å². The average molecular weight is 214 g/mol. The fourth-order valence-electron chi connectivity index (χ4n) is 1.61. The fourth-order valence-corrected chi connectivity index (χ4v) is 1.61. The fraction of sp³-hybridized carbons (Fsp3) is 0.909. The molecule has 0 radical (unpaired) electrons. The molecule has 0 aromatic rings. The summed E-state index contributed by atoms with van der Waals surface area (Å²) in [5.41, 5.74) is -0.175. The number of hydrogen-bond acceptors (Lipinski definition) is 3. The van der Waals surface area contributed by atoms with Gasteiger partial charge in [-0.15, -0.1) is 0 Å². The maximum atomic E-state index is 11.4. The molecule has 4 nitrogen and oxygen atoms in total. The molecule has 15 heavy (non-hydrogen) atoms. The van der Waals surface area contributed by atoms with Crippen LogP contribution in [0.15, 0.2) is 0 Å². The van der Waals surface area contributed by atoms with Gasteiger partial charge in [-0.1, -0.05) is 0 Å². The van der Waals surface area contributed by atoms with Crippen LogP contribution in [0.3, 0.4) is 0 Å². The lowest BCUT2D eigenvalue weighted by Gasteiger charge is -2.24. The van der Waals surface area contributed by atoms with Gasteiger partial charge in [0.25, 0.3) is 0 Å². The third kappa shape index (κ3) is 5.74. The first-order chi connectivity index (χ1) is 6.97. The van der Waals surface area contributed by atoms with Crippen molar-refractivity contribution < 1.29 is 9.53 Å². The molecular weight excluding hydrogens is 192 g/mol. The standard InChI is InChI=1S/C11H22N2O2/c1-11(2,3)13-10(14)8-15-9-5-4-6-12-7-9/h9,12H,4-8H2,1-3H3,(H,13,14)/t9-/m1/s1. The number of carbonyl (C=O) groups is 1. The van der Waals surface area contributed by atoms with Gasteiger partial charge in [0.1, 0.15) is 6.61 Å². The minimum absolute atomic E-state index is 0.0342. The van der Waals surface area contributed by atoms with Gasteiger partial charge in [-0.2, -0.15) is 0 Å². The van der Waals surface area contributed by atoms with E-state index < -0.39 is 0 Å². The second-order valence-corrected chi connectivity index (χ2v) is 5.08. The molecule has 0 aliphatic carbocycles. The second kappa shape index (κ2) is 5.47. The number of hydrogen-bond donors (Lipinski definition) is 2. The lowest BCUT2D eigenvalue weighted by Crippen LogP contribution is -2.44. The Labute approximate surface area is 91.8 Å². The number of rotatable bonds is 3. The van der Waals surface area contributed by atoms with Gasteiger partial charge in [0.15, 0.2) is 0 Å². The van der Waals surface area contributed by atoms with Crippen LogP contribution in [0, 0.1) is 0 Å². The van der Waals surface area contributed by atoms with Gasteiger partial charge in [-0.3, -0.25) is 4.79 Å². The van der Waals surface area contributed by atoms with Crippen molar-refractivity contribution >= 4 is 5.91 Å². The zero-order valence-corrected chi connectivity index (χ0v) is 9.93. The van der Waals surface area contributed by atoms with E-state index >= 15 is 0 Å². The third-order valence-corrected chi connectivity index (χ3v) is 2.22. The van der Waals surface area contributed by atoms with E-state index in [0.29, 0.717) is 0 Å². The molecule has 0 aromatic heterocycles. The summed E-state index contributed by atoms with van der Waals surface area (Å²) in [6, 6.07) is 0. The Kier molecular flexibility index (Phi) is 4.54. The summed E-state index contributed by atoms with van der Waals surface area (Å²) in [6.45, 7) is 7.99. The zero-order chi connectivity index (χ0) is 11.3. The van der Waals surface area contributed by atoms with E-state index in [4.69, 9.17) is 4.74 Å². The number of carbonyl (C=O) groups excluding carboxylic acids is 1. The van der Waals surface area contributed by atoms with Crippen LogP contribution >= 0.6 is 0 Å². The topological polar surface area (TPSA) is 50.4 Å². The summed E-state index contributed by atoms with van der Waals surface area (Å²) >= 11 is 0. The molecule has 0 bridgehead atoms. The third-order valence-electron chi connectivity index (χ3n) is 2.22. The quantitative estimate of drug-likeness (QED) is 0.726. The average Bonchev–Trinajstić information content (AvgIpc) is 2.14. The molecule has 1 amide bonds. The normalized spacial score (nSPS) is 22.5. The van der Waals surface area contributed by atoms with Gasteiger partial charge in [0.05, 0.1) is 6.10 Å². The summed E-state index contributed by atoms with van der Waals surface area (Å²) in [4.78, 5) is 11.4. The van der Waals surface area contributed by atoms with Crippen LogP contribution in [-0.4, -0.2) is 37.2 Å². The molecule has 0 spiro atoms. The second-order valence-electron chi connectivity index (χ2n) is 5.08. The predicted molar refractivity (Wildman–Crippen MR) is 59.7 cm³/mol. The van der Waals surface area contributed by atoms with Gasteiger partial charge in [-0.05, 0) is 40.2 Å². The minimum atomic E-state index is -0.175. The molecular formula is C11H22N2O2. The van der Waals surface area contributed by atoms with Gasteiger partial charge < -0.3 is 15.4 Å².